The molecule has 1 atom stereocenters. The highest BCUT2D eigenvalue weighted by Gasteiger charge is 2.20. The van der Waals surface area contributed by atoms with E-state index in [1.807, 2.05) is 0 Å². The molecule has 1 aromatic heterocycles. The van der Waals surface area contributed by atoms with Crippen molar-refractivity contribution in [1.82, 2.24) is 14.9 Å². The van der Waals surface area contributed by atoms with Crippen molar-refractivity contribution in [1.29, 1.82) is 0 Å². The summed E-state index contributed by atoms with van der Waals surface area (Å²) in [6.07, 6.45) is 1.73. The molecule has 1 aliphatic rings. The standard InChI is InChI=1S/C14H16N4O4S2/c19-13(17-14-18-15-9-23-14)10-3-5-12(6-4-10)24(20,21)16-8-11-2-1-7-22-11/h3-6,9,11,16H,1-2,7-8H2,(H,17,18,19)/t11-/m1/s1. The lowest BCUT2D eigenvalue weighted by Gasteiger charge is -2.11. The Labute approximate surface area is 143 Å². The Bertz CT molecular complexity index is 785. The highest BCUT2D eigenvalue weighted by Crippen LogP contribution is 2.15. The van der Waals surface area contributed by atoms with Crippen LogP contribution in [0.2, 0.25) is 0 Å². The van der Waals surface area contributed by atoms with Crippen molar-refractivity contribution in [3.05, 3.63) is 35.3 Å². The molecule has 0 aliphatic carbocycles. The van der Waals surface area contributed by atoms with E-state index in [0.29, 0.717) is 17.3 Å². The number of hydrogen-bond acceptors (Lipinski definition) is 7. The van der Waals surface area contributed by atoms with Crippen LogP contribution in [0.4, 0.5) is 5.13 Å². The Morgan fingerprint density at radius 3 is 2.75 bits per heavy atom. The van der Waals surface area contributed by atoms with Gasteiger partial charge in [0.05, 0.1) is 11.0 Å². The minimum atomic E-state index is -3.62. The minimum Gasteiger partial charge on any atom is -0.377 e. The smallest absolute Gasteiger partial charge is 0.257 e. The van der Waals surface area contributed by atoms with Crippen molar-refractivity contribution in [3.8, 4) is 0 Å². The lowest BCUT2D eigenvalue weighted by Crippen LogP contribution is -2.31. The number of aromatic nitrogens is 2. The van der Waals surface area contributed by atoms with Crippen molar-refractivity contribution in [3.63, 3.8) is 0 Å². The number of nitrogens with one attached hydrogen (secondary N) is 2. The van der Waals surface area contributed by atoms with E-state index in [4.69, 9.17) is 4.74 Å². The molecule has 1 amide bonds. The molecule has 1 fully saturated rings. The van der Waals surface area contributed by atoms with Crippen LogP contribution in [0.5, 0.6) is 0 Å². The normalized spacial score (nSPS) is 17.8. The van der Waals surface area contributed by atoms with Crippen LogP contribution >= 0.6 is 11.3 Å². The lowest BCUT2D eigenvalue weighted by atomic mass is 10.2. The zero-order valence-corrected chi connectivity index (χ0v) is 14.3. The van der Waals surface area contributed by atoms with E-state index in [9.17, 15) is 13.2 Å². The Hall–Kier alpha value is -1.88. The van der Waals surface area contributed by atoms with E-state index in [1.165, 1.54) is 41.1 Å². The van der Waals surface area contributed by atoms with Gasteiger partial charge in [0.2, 0.25) is 15.2 Å². The molecule has 3 rings (SSSR count). The second-order valence-electron chi connectivity index (χ2n) is 5.21. The molecule has 10 heteroatoms. The number of carbonyl (C=O) groups excluding carboxylic acids is 1. The summed E-state index contributed by atoms with van der Waals surface area (Å²) in [6, 6.07) is 5.70. The zero-order chi connectivity index (χ0) is 17.0. The maximum atomic E-state index is 12.2. The van der Waals surface area contributed by atoms with Crippen molar-refractivity contribution in [2.24, 2.45) is 0 Å². The fourth-order valence-corrected chi connectivity index (χ4v) is 3.78. The molecule has 1 saturated heterocycles. The number of benzene rings is 1. The maximum Gasteiger partial charge on any atom is 0.257 e. The lowest BCUT2D eigenvalue weighted by molar-refractivity contribution is 0.102. The quantitative estimate of drug-likeness (QED) is 0.794. The van der Waals surface area contributed by atoms with Crippen LogP contribution in [0.3, 0.4) is 0 Å². The van der Waals surface area contributed by atoms with Gasteiger partial charge in [-0.25, -0.2) is 13.1 Å². The van der Waals surface area contributed by atoms with Crippen LogP contribution in [0.1, 0.15) is 23.2 Å². The van der Waals surface area contributed by atoms with Gasteiger partial charge in [0, 0.05) is 18.7 Å². The van der Waals surface area contributed by atoms with Crippen LogP contribution in [-0.2, 0) is 14.8 Å². The van der Waals surface area contributed by atoms with Crippen LogP contribution in [0.15, 0.2) is 34.7 Å². The molecule has 0 unspecified atom stereocenters. The third kappa shape index (κ3) is 4.15. The average molecular weight is 368 g/mol. The molecule has 2 N–H and O–H groups in total. The van der Waals surface area contributed by atoms with Crippen LogP contribution in [0, 0.1) is 0 Å². The number of rotatable bonds is 6. The van der Waals surface area contributed by atoms with Crippen molar-refractivity contribution >= 4 is 32.4 Å². The van der Waals surface area contributed by atoms with Gasteiger partial charge in [0.25, 0.3) is 5.91 Å². The number of amides is 1. The van der Waals surface area contributed by atoms with Gasteiger partial charge in [-0.3, -0.25) is 10.1 Å². The monoisotopic (exact) mass is 368 g/mol. The second kappa shape index (κ2) is 7.34. The molecule has 2 aromatic rings. The molecule has 0 spiro atoms. The first-order valence-corrected chi connectivity index (χ1v) is 9.70. The first-order chi connectivity index (χ1) is 11.5. The number of hydrogen-bond donors (Lipinski definition) is 2. The fraction of sp³-hybridized carbons (Fsp3) is 0.357. The van der Waals surface area contributed by atoms with E-state index in [0.717, 1.165) is 12.8 Å². The van der Waals surface area contributed by atoms with Gasteiger partial charge in [0.15, 0.2) is 0 Å². The number of carbonyl (C=O) groups is 1. The van der Waals surface area contributed by atoms with Crippen molar-refractivity contribution < 1.29 is 17.9 Å². The van der Waals surface area contributed by atoms with Crippen LogP contribution in [-0.4, -0.2) is 43.8 Å². The molecule has 1 aromatic carbocycles. The molecule has 8 nitrogen and oxygen atoms in total. The highest BCUT2D eigenvalue weighted by molar-refractivity contribution is 7.89. The van der Waals surface area contributed by atoms with Crippen LogP contribution < -0.4 is 10.0 Å². The largest absolute Gasteiger partial charge is 0.377 e. The van der Waals surface area contributed by atoms with Gasteiger partial charge in [-0.2, -0.15) is 0 Å². The summed E-state index contributed by atoms with van der Waals surface area (Å²) < 4.78 is 32.4. The molecule has 128 valence electrons. The third-order valence-corrected chi connectivity index (χ3v) is 5.58. The zero-order valence-electron chi connectivity index (χ0n) is 12.6. The molecular weight excluding hydrogens is 352 g/mol. The number of nitrogens with zero attached hydrogens (tertiary/aromatic N) is 2. The third-order valence-electron chi connectivity index (χ3n) is 3.53. The maximum absolute atomic E-state index is 12.2. The van der Waals surface area contributed by atoms with Gasteiger partial charge < -0.3 is 4.74 Å². The van der Waals surface area contributed by atoms with E-state index in [2.05, 4.69) is 20.2 Å². The Balaban J connectivity index is 1.63. The number of ether oxygens (including phenoxy) is 1. The summed E-state index contributed by atoms with van der Waals surface area (Å²) in [7, 11) is -3.62. The molecule has 2 heterocycles. The van der Waals surface area contributed by atoms with Crippen molar-refractivity contribution in [2.75, 3.05) is 18.5 Å². The van der Waals surface area contributed by atoms with Gasteiger partial charge >= 0.3 is 0 Å². The number of anilines is 1. The SMILES string of the molecule is O=C(Nc1nncs1)c1ccc(S(=O)(=O)NC[C@H]2CCCO2)cc1. The summed E-state index contributed by atoms with van der Waals surface area (Å²) >= 11 is 1.20. The highest BCUT2D eigenvalue weighted by atomic mass is 32.2. The predicted octanol–water partition coefficient (Wildman–Crippen LogP) is 1.25. The van der Waals surface area contributed by atoms with Crippen LogP contribution in [0.25, 0.3) is 0 Å². The minimum absolute atomic E-state index is 0.0725. The van der Waals surface area contributed by atoms with Gasteiger partial charge in [-0.1, -0.05) is 11.3 Å². The first kappa shape index (κ1) is 17.0. The Morgan fingerprint density at radius 1 is 1.33 bits per heavy atom. The predicted molar refractivity (Wildman–Crippen MR) is 88.5 cm³/mol. The van der Waals surface area contributed by atoms with Crippen molar-refractivity contribution in [2.45, 2.75) is 23.8 Å². The molecule has 0 bridgehead atoms. The fourth-order valence-electron chi connectivity index (χ4n) is 2.27. The summed E-state index contributed by atoms with van der Waals surface area (Å²) in [6.45, 7) is 0.923. The molecule has 0 saturated carbocycles. The summed E-state index contributed by atoms with van der Waals surface area (Å²) in [5.41, 5.74) is 1.84. The van der Waals surface area contributed by atoms with Gasteiger partial charge in [-0.05, 0) is 37.1 Å². The topological polar surface area (TPSA) is 110 Å². The molecule has 24 heavy (non-hydrogen) atoms. The Morgan fingerprint density at radius 2 is 2.12 bits per heavy atom. The van der Waals surface area contributed by atoms with Gasteiger partial charge in [-0.15, -0.1) is 10.2 Å². The molecule has 1 aliphatic heterocycles. The van der Waals surface area contributed by atoms with E-state index >= 15 is 0 Å². The van der Waals surface area contributed by atoms with E-state index < -0.39 is 10.0 Å². The summed E-state index contributed by atoms with van der Waals surface area (Å²) in [5.74, 6) is -0.372. The summed E-state index contributed by atoms with van der Waals surface area (Å²) in [5, 5.41) is 10.3. The molecule has 0 radical (unpaired) electrons. The van der Waals surface area contributed by atoms with E-state index in [1.54, 1.807) is 0 Å². The second-order valence-corrected chi connectivity index (χ2v) is 7.81. The Kier molecular flexibility index (Phi) is 5.19. The molecular formula is C14H16N4O4S2. The number of sulfonamides is 1. The van der Waals surface area contributed by atoms with E-state index in [-0.39, 0.29) is 23.5 Å². The van der Waals surface area contributed by atoms with Gasteiger partial charge in [0.1, 0.15) is 5.51 Å². The summed E-state index contributed by atoms with van der Waals surface area (Å²) in [4.78, 5) is 12.1. The first-order valence-electron chi connectivity index (χ1n) is 7.33. The average Bonchev–Trinajstić information content (AvgIpc) is 3.27.